The molecule has 0 aromatic heterocycles. The van der Waals surface area contributed by atoms with Gasteiger partial charge in [-0.15, -0.1) is 0 Å². The summed E-state index contributed by atoms with van der Waals surface area (Å²) >= 11 is 0. The molecule has 1 atom stereocenters. The van der Waals surface area contributed by atoms with Crippen molar-refractivity contribution in [3.8, 4) is 0 Å². The first-order chi connectivity index (χ1) is 12.5. The van der Waals surface area contributed by atoms with E-state index in [1.807, 2.05) is 0 Å². The lowest BCUT2D eigenvalue weighted by Gasteiger charge is -2.03. The van der Waals surface area contributed by atoms with Gasteiger partial charge in [-0.1, -0.05) is 103 Å². The van der Waals surface area contributed by atoms with Crippen molar-refractivity contribution in [3.05, 3.63) is 12.8 Å². The smallest absolute Gasteiger partial charge is 0.303 e. The summed E-state index contributed by atoms with van der Waals surface area (Å²) in [6.45, 7) is 7.31. The molecule has 0 spiro atoms. The molecule has 0 amide bonds. The summed E-state index contributed by atoms with van der Waals surface area (Å²) in [5, 5.41) is 8.52. The molecule has 0 aromatic rings. The van der Waals surface area contributed by atoms with E-state index >= 15 is 0 Å². The molecule has 0 aliphatic heterocycles. The minimum atomic E-state index is -0.653. The normalized spacial score (nSPS) is 11.3. The Labute approximate surface area is 162 Å². The average molecular weight is 372 g/mol. The molecule has 156 valence electrons. The van der Waals surface area contributed by atoms with Gasteiger partial charge in [0.1, 0.15) is 6.23 Å². The molecule has 0 aliphatic rings. The van der Waals surface area contributed by atoms with Crippen molar-refractivity contribution in [3.63, 3.8) is 0 Å². The summed E-state index contributed by atoms with van der Waals surface area (Å²) in [5.74, 6) is -0.653. The molecule has 0 aromatic carbocycles. The molecular formula is C22H45NO3. The van der Waals surface area contributed by atoms with Gasteiger partial charge in [0.2, 0.25) is 0 Å². The second-order valence-corrected chi connectivity index (χ2v) is 7.10. The fraction of sp³-hybridized carbons (Fsp3) is 0.864. The predicted octanol–water partition coefficient (Wildman–Crippen LogP) is 6.78. The zero-order valence-electron chi connectivity index (χ0n) is 17.5. The lowest BCUT2D eigenvalue weighted by Crippen LogP contribution is -2.15. The SMILES string of the molecule is C=COC(C)N.CCCCCCCCCCCCCCCCCC(=O)O. The van der Waals surface area contributed by atoms with Crippen LogP contribution in [0.15, 0.2) is 12.8 Å². The second kappa shape index (κ2) is 24.0. The van der Waals surface area contributed by atoms with Crippen molar-refractivity contribution in [2.24, 2.45) is 5.73 Å². The number of carbonyl (C=O) groups is 1. The van der Waals surface area contributed by atoms with Crippen LogP contribution in [-0.4, -0.2) is 17.3 Å². The Kier molecular flexibility index (Phi) is 25.1. The number of rotatable bonds is 18. The maximum absolute atomic E-state index is 10.3. The van der Waals surface area contributed by atoms with Crippen LogP contribution in [-0.2, 0) is 9.53 Å². The van der Waals surface area contributed by atoms with Gasteiger partial charge in [0.05, 0.1) is 6.26 Å². The number of unbranched alkanes of at least 4 members (excludes halogenated alkanes) is 14. The molecule has 0 aliphatic carbocycles. The fourth-order valence-electron chi connectivity index (χ4n) is 2.80. The third kappa shape index (κ3) is 30.8. The number of ether oxygens (including phenoxy) is 1. The first-order valence-corrected chi connectivity index (χ1v) is 10.8. The van der Waals surface area contributed by atoms with Crippen molar-refractivity contribution in [1.29, 1.82) is 0 Å². The molecule has 0 rings (SSSR count). The number of hydrogen-bond acceptors (Lipinski definition) is 3. The third-order valence-corrected chi connectivity index (χ3v) is 4.31. The highest BCUT2D eigenvalue weighted by Gasteiger charge is 1.97. The van der Waals surface area contributed by atoms with Crippen LogP contribution < -0.4 is 5.73 Å². The van der Waals surface area contributed by atoms with Gasteiger partial charge in [0.15, 0.2) is 0 Å². The molecule has 1 unspecified atom stereocenters. The van der Waals surface area contributed by atoms with E-state index < -0.39 is 5.97 Å². The van der Waals surface area contributed by atoms with Gasteiger partial charge in [0.25, 0.3) is 0 Å². The van der Waals surface area contributed by atoms with Crippen LogP contribution in [0.5, 0.6) is 0 Å². The highest BCUT2D eigenvalue weighted by atomic mass is 16.5. The molecule has 0 bridgehead atoms. The predicted molar refractivity (Wildman–Crippen MR) is 112 cm³/mol. The summed E-state index contributed by atoms with van der Waals surface area (Å²) in [6.07, 6.45) is 21.3. The van der Waals surface area contributed by atoms with Crippen molar-refractivity contribution in [2.75, 3.05) is 0 Å². The van der Waals surface area contributed by atoms with Crippen LogP contribution >= 0.6 is 0 Å². The van der Waals surface area contributed by atoms with E-state index in [0.717, 1.165) is 12.8 Å². The van der Waals surface area contributed by atoms with E-state index in [4.69, 9.17) is 10.8 Å². The zero-order valence-corrected chi connectivity index (χ0v) is 17.5. The topological polar surface area (TPSA) is 72.5 Å². The van der Waals surface area contributed by atoms with E-state index in [1.54, 1.807) is 6.92 Å². The largest absolute Gasteiger partial charge is 0.484 e. The van der Waals surface area contributed by atoms with Crippen LogP contribution in [0.3, 0.4) is 0 Å². The Bertz CT molecular complexity index is 293. The molecule has 26 heavy (non-hydrogen) atoms. The van der Waals surface area contributed by atoms with Crippen LogP contribution in [0.4, 0.5) is 0 Å². The van der Waals surface area contributed by atoms with Gasteiger partial charge >= 0.3 is 5.97 Å². The van der Waals surface area contributed by atoms with Gasteiger partial charge in [-0.2, -0.15) is 0 Å². The maximum Gasteiger partial charge on any atom is 0.303 e. The molecule has 0 saturated heterocycles. The van der Waals surface area contributed by atoms with Gasteiger partial charge in [-0.3, -0.25) is 10.5 Å². The summed E-state index contributed by atoms with van der Waals surface area (Å²) in [6, 6.07) is 0. The van der Waals surface area contributed by atoms with Crippen molar-refractivity contribution >= 4 is 5.97 Å². The molecule has 4 heteroatoms. The summed E-state index contributed by atoms with van der Waals surface area (Å²) in [7, 11) is 0. The summed E-state index contributed by atoms with van der Waals surface area (Å²) in [4.78, 5) is 10.3. The Balaban J connectivity index is 0. The highest BCUT2D eigenvalue weighted by Crippen LogP contribution is 2.13. The summed E-state index contributed by atoms with van der Waals surface area (Å²) < 4.78 is 4.58. The Morgan fingerprint density at radius 1 is 0.885 bits per heavy atom. The Morgan fingerprint density at radius 3 is 1.46 bits per heavy atom. The number of aliphatic carboxylic acids is 1. The third-order valence-electron chi connectivity index (χ3n) is 4.31. The van der Waals surface area contributed by atoms with Crippen LogP contribution in [0, 0.1) is 0 Å². The molecule has 4 nitrogen and oxygen atoms in total. The maximum atomic E-state index is 10.3. The average Bonchev–Trinajstić information content (AvgIpc) is 2.58. The molecule has 0 fully saturated rings. The van der Waals surface area contributed by atoms with E-state index in [9.17, 15) is 4.79 Å². The standard InChI is InChI=1S/C18H36O2.C4H9NO/c1-2-3-4-5-6-7-8-9-10-11-12-13-14-15-16-17-18(19)20;1-3-6-4(2)5/h2-17H2,1H3,(H,19,20);3-4H,1,5H2,2H3. The first kappa shape index (κ1) is 27.2. The van der Waals surface area contributed by atoms with Gasteiger partial charge < -0.3 is 9.84 Å². The molecule has 0 radical (unpaired) electrons. The number of carboxylic acids is 1. The number of hydrogen-bond donors (Lipinski definition) is 2. The van der Waals surface area contributed by atoms with E-state index in [-0.39, 0.29) is 6.23 Å². The quantitative estimate of drug-likeness (QED) is 0.158. The van der Waals surface area contributed by atoms with Crippen molar-refractivity contribution in [2.45, 2.75) is 123 Å². The number of carboxylic acid groups (broad SMARTS) is 1. The minimum Gasteiger partial charge on any atom is -0.484 e. The van der Waals surface area contributed by atoms with Crippen LogP contribution in [0.1, 0.15) is 117 Å². The molecular weight excluding hydrogens is 326 g/mol. The Hall–Kier alpha value is -1.03. The second-order valence-electron chi connectivity index (χ2n) is 7.10. The Morgan fingerprint density at radius 2 is 1.23 bits per heavy atom. The number of nitrogens with two attached hydrogens (primary N) is 1. The lowest BCUT2D eigenvalue weighted by molar-refractivity contribution is -0.137. The first-order valence-electron chi connectivity index (χ1n) is 10.8. The summed E-state index contributed by atoms with van der Waals surface area (Å²) in [5.41, 5.74) is 5.11. The zero-order chi connectivity index (χ0) is 19.9. The lowest BCUT2D eigenvalue weighted by atomic mass is 10.0. The van der Waals surface area contributed by atoms with E-state index in [1.165, 1.54) is 89.7 Å². The minimum absolute atomic E-state index is 0.220. The van der Waals surface area contributed by atoms with Gasteiger partial charge in [0, 0.05) is 6.42 Å². The fourth-order valence-corrected chi connectivity index (χ4v) is 2.80. The van der Waals surface area contributed by atoms with E-state index in [0.29, 0.717) is 6.42 Å². The van der Waals surface area contributed by atoms with Gasteiger partial charge in [-0.05, 0) is 13.3 Å². The van der Waals surface area contributed by atoms with Crippen molar-refractivity contribution < 1.29 is 14.6 Å². The van der Waals surface area contributed by atoms with Gasteiger partial charge in [-0.25, -0.2) is 0 Å². The monoisotopic (exact) mass is 371 g/mol. The molecule has 3 N–H and O–H groups in total. The van der Waals surface area contributed by atoms with E-state index in [2.05, 4.69) is 18.2 Å². The van der Waals surface area contributed by atoms with Crippen LogP contribution in [0.2, 0.25) is 0 Å². The highest BCUT2D eigenvalue weighted by molar-refractivity contribution is 5.66. The molecule has 0 saturated carbocycles. The van der Waals surface area contributed by atoms with Crippen LogP contribution in [0.25, 0.3) is 0 Å². The molecule has 0 heterocycles. The van der Waals surface area contributed by atoms with Crippen molar-refractivity contribution in [1.82, 2.24) is 0 Å².